The molecule has 19 heavy (non-hydrogen) atoms. The summed E-state index contributed by atoms with van der Waals surface area (Å²) >= 11 is 0. The van der Waals surface area contributed by atoms with Crippen LogP contribution in [-0.4, -0.2) is 31.7 Å². The molecule has 0 atom stereocenters. The second kappa shape index (κ2) is 4.30. The molecular weight excluding hydrogens is 240 g/mol. The van der Waals surface area contributed by atoms with Crippen LogP contribution >= 0.6 is 0 Å². The van der Waals surface area contributed by atoms with Crippen LogP contribution in [-0.2, 0) is 9.53 Å². The SMILES string of the molecule is COC(=O)C1(CN(C)c2c[nH]c3ccccc23)CC1. The number of carbonyl (C=O) groups is 1. The van der Waals surface area contributed by atoms with Crippen LogP contribution in [0.5, 0.6) is 0 Å². The molecule has 0 amide bonds. The summed E-state index contributed by atoms with van der Waals surface area (Å²) in [6, 6.07) is 8.19. The molecule has 1 aliphatic carbocycles. The highest BCUT2D eigenvalue weighted by Gasteiger charge is 2.51. The molecule has 0 unspecified atom stereocenters. The molecule has 1 aliphatic rings. The summed E-state index contributed by atoms with van der Waals surface area (Å²) < 4.78 is 4.91. The Morgan fingerprint density at radius 2 is 2.16 bits per heavy atom. The van der Waals surface area contributed by atoms with Gasteiger partial charge in [-0.05, 0) is 18.9 Å². The van der Waals surface area contributed by atoms with Gasteiger partial charge in [0, 0.05) is 30.7 Å². The highest BCUT2D eigenvalue weighted by Crippen LogP contribution is 2.48. The Hall–Kier alpha value is -1.97. The Labute approximate surface area is 112 Å². The van der Waals surface area contributed by atoms with Crippen molar-refractivity contribution in [1.29, 1.82) is 0 Å². The Balaban J connectivity index is 1.85. The van der Waals surface area contributed by atoms with Crippen molar-refractivity contribution < 1.29 is 9.53 Å². The molecule has 3 rings (SSSR count). The molecule has 100 valence electrons. The Kier molecular flexibility index (Phi) is 2.73. The molecule has 0 radical (unpaired) electrons. The number of methoxy groups -OCH3 is 1. The number of fused-ring (bicyclic) bond motifs is 1. The Morgan fingerprint density at radius 1 is 1.42 bits per heavy atom. The number of rotatable bonds is 4. The first-order valence-corrected chi connectivity index (χ1v) is 6.52. The molecule has 0 spiro atoms. The van der Waals surface area contributed by atoms with Gasteiger partial charge >= 0.3 is 5.97 Å². The number of aromatic nitrogens is 1. The lowest BCUT2D eigenvalue weighted by molar-refractivity contribution is -0.146. The standard InChI is InChI=1S/C15H18N2O2/c1-17(10-15(7-8-15)14(18)19-2)13-9-16-12-6-4-3-5-11(12)13/h3-6,9,16H,7-8,10H2,1-2H3. The van der Waals surface area contributed by atoms with Gasteiger partial charge in [0.2, 0.25) is 0 Å². The fraction of sp³-hybridized carbons (Fsp3) is 0.400. The lowest BCUT2D eigenvalue weighted by atomic mass is 10.1. The van der Waals surface area contributed by atoms with Crippen LogP contribution in [0.25, 0.3) is 10.9 Å². The monoisotopic (exact) mass is 258 g/mol. The van der Waals surface area contributed by atoms with Gasteiger partial charge in [0.25, 0.3) is 0 Å². The van der Waals surface area contributed by atoms with Gasteiger partial charge in [-0.25, -0.2) is 0 Å². The largest absolute Gasteiger partial charge is 0.469 e. The van der Waals surface area contributed by atoms with E-state index in [1.807, 2.05) is 25.4 Å². The minimum atomic E-state index is -0.290. The number of H-pyrrole nitrogens is 1. The number of ether oxygens (including phenoxy) is 1. The van der Waals surface area contributed by atoms with Gasteiger partial charge in [0.15, 0.2) is 0 Å². The van der Waals surface area contributed by atoms with E-state index in [1.165, 1.54) is 12.5 Å². The number of nitrogens with zero attached hydrogens (tertiary/aromatic N) is 1. The summed E-state index contributed by atoms with van der Waals surface area (Å²) in [4.78, 5) is 17.2. The molecule has 1 aromatic heterocycles. The highest BCUT2D eigenvalue weighted by atomic mass is 16.5. The van der Waals surface area contributed by atoms with Gasteiger partial charge in [-0.15, -0.1) is 0 Å². The summed E-state index contributed by atoms with van der Waals surface area (Å²) in [5.74, 6) is -0.0841. The summed E-state index contributed by atoms with van der Waals surface area (Å²) in [5, 5.41) is 1.19. The minimum Gasteiger partial charge on any atom is -0.469 e. The van der Waals surface area contributed by atoms with Gasteiger partial charge < -0.3 is 14.6 Å². The molecule has 0 bridgehead atoms. The van der Waals surface area contributed by atoms with Crippen molar-refractivity contribution in [2.24, 2.45) is 5.41 Å². The summed E-state index contributed by atoms with van der Waals surface area (Å²) in [7, 11) is 3.49. The topological polar surface area (TPSA) is 45.3 Å². The van der Waals surface area contributed by atoms with Gasteiger partial charge in [0.1, 0.15) is 0 Å². The fourth-order valence-corrected chi connectivity index (χ4v) is 2.71. The normalized spacial score (nSPS) is 16.3. The maximum atomic E-state index is 11.8. The van der Waals surface area contributed by atoms with Crippen molar-refractivity contribution in [2.45, 2.75) is 12.8 Å². The number of esters is 1. The number of carbonyl (C=O) groups excluding carboxylic acids is 1. The number of nitrogens with one attached hydrogen (secondary N) is 1. The number of benzene rings is 1. The van der Waals surface area contributed by atoms with Crippen LogP contribution in [0, 0.1) is 5.41 Å². The highest BCUT2D eigenvalue weighted by molar-refractivity contribution is 5.93. The Morgan fingerprint density at radius 3 is 2.84 bits per heavy atom. The van der Waals surface area contributed by atoms with Gasteiger partial charge in [-0.2, -0.15) is 0 Å². The third-order valence-electron chi connectivity index (χ3n) is 3.99. The van der Waals surface area contributed by atoms with E-state index < -0.39 is 0 Å². The molecule has 4 nitrogen and oxygen atoms in total. The van der Waals surface area contributed by atoms with Gasteiger partial charge in [0.05, 0.1) is 18.2 Å². The van der Waals surface area contributed by atoms with E-state index in [0.29, 0.717) is 6.54 Å². The van der Waals surface area contributed by atoms with Crippen LogP contribution in [0.2, 0.25) is 0 Å². The first kappa shape index (κ1) is 12.1. The average Bonchev–Trinajstić information content (AvgIpc) is 3.08. The number of aromatic amines is 1. The molecule has 1 N–H and O–H groups in total. The zero-order valence-corrected chi connectivity index (χ0v) is 11.3. The number of para-hydroxylation sites is 1. The average molecular weight is 258 g/mol. The molecule has 1 aromatic carbocycles. The third-order valence-corrected chi connectivity index (χ3v) is 3.99. The van der Waals surface area contributed by atoms with Crippen LogP contribution in [0.4, 0.5) is 5.69 Å². The summed E-state index contributed by atoms with van der Waals surface area (Å²) in [5.41, 5.74) is 1.96. The van der Waals surface area contributed by atoms with E-state index >= 15 is 0 Å². The van der Waals surface area contributed by atoms with E-state index in [4.69, 9.17) is 4.74 Å². The predicted molar refractivity (Wildman–Crippen MR) is 75.3 cm³/mol. The van der Waals surface area contributed by atoms with E-state index in [-0.39, 0.29) is 11.4 Å². The molecule has 1 heterocycles. The second-order valence-electron chi connectivity index (χ2n) is 5.35. The minimum absolute atomic E-state index is 0.0841. The number of anilines is 1. The van der Waals surface area contributed by atoms with Crippen LogP contribution in [0.3, 0.4) is 0 Å². The molecule has 0 aliphatic heterocycles. The summed E-state index contributed by atoms with van der Waals surface area (Å²) in [6.45, 7) is 0.710. The van der Waals surface area contributed by atoms with Crippen molar-refractivity contribution in [3.8, 4) is 0 Å². The zero-order valence-electron chi connectivity index (χ0n) is 11.3. The first-order chi connectivity index (χ1) is 9.16. The van der Waals surface area contributed by atoms with E-state index in [1.54, 1.807) is 0 Å². The molecule has 4 heteroatoms. The van der Waals surface area contributed by atoms with Crippen molar-refractivity contribution in [2.75, 3.05) is 25.6 Å². The summed E-state index contributed by atoms with van der Waals surface area (Å²) in [6.07, 6.45) is 3.84. The van der Waals surface area contributed by atoms with Crippen molar-refractivity contribution >= 4 is 22.6 Å². The smallest absolute Gasteiger partial charge is 0.313 e. The quantitative estimate of drug-likeness (QED) is 0.857. The van der Waals surface area contributed by atoms with Crippen LogP contribution in [0.1, 0.15) is 12.8 Å². The van der Waals surface area contributed by atoms with E-state index in [2.05, 4.69) is 22.0 Å². The fourth-order valence-electron chi connectivity index (χ4n) is 2.71. The number of hydrogen-bond donors (Lipinski definition) is 1. The molecule has 0 saturated heterocycles. The van der Waals surface area contributed by atoms with Gasteiger partial charge in [-0.1, -0.05) is 18.2 Å². The van der Waals surface area contributed by atoms with Crippen molar-refractivity contribution in [1.82, 2.24) is 4.98 Å². The van der Waals surface area contributed by atoms with Crippen LogP contribution in [0.15, 0.2) is 30.5 Å². The van der Waals surface area contributed by atoms with Crippen LogP contribution < -0.4 is 4.90 Å². The van der Waals surface area contributed by atoms with E-state index in [9.17, 15) is 4.79 Å². The third kappa shape index (κ3) is 1.97. The molecule has 1 fully saturated rings. The maximum absolute atomic E-state index is 11.8. The lowest BCUT2D eigenvalue weighted by Crippen LogP contribution is -2.32. The Bertz CT molecular complexity index is 613. The van der Waals surface area contributed by atoms with Crippen molar-refractivity contribution in [3.63, 3.8) is 0 Å². The van der Waals surface area contributed by atoms with Crippen molar-refractivity contribution in [3.05, 3.63) is 30.5 Å². The van der Waals surface area contributed by atoms with E-state index in [0.717, 1.165) is 24.0 Å². The first-order valence-electron chi connectivity index (χ1n) is 6.52. The zero-order chi connectivity index (χ0) is 13.5. The van der Waals surface area contributed by atoms with Gasteiger partial charge in [-0.3, -0.25) is 4.79 Å². The molecular formula is C15H18N2O2. The maximum Gasteiger partial charge on any atom is 0.313 e. The predicted octanol–water partition coefficient (Wildman–Crippen LogP) is 2.56. The lowest BCUT2D eigenvalue weighted by Gasteiger charge is -2.23. The molecule has 2 aromatic rings. The number of hydrogen-bond acceptors (Lipinski definition) is 3. The molecule has 1 saturated carbocycles. The second-order valence-corrected chi connectivity index (χ2v) is 5.35.